The number of carboxylic acids is 1. The van der Waals surface area contributed by atoms with Crippen LogP contribution in [0.25, 0.3) is 0 Å². The minimum Gasteiger partial charge on any atom is -0.480 e. The van der Waals surface area contributed by atoms with E-state index in [4.69, 9.17) is 0 Å². The van der Waals surface area contributed by atoms with Crippen LogP contribution in [-0.4, -0.2) is 36.4 Å². The topological polar surface area (TPSA) is 74.7 Å². The highest BCUT2D eigenvalue weighted by Gasteiger charge is 2.35. The number of aliphatic carboxylic acids is 1. The van der Waals surface area contributed by atoms with Crippen LogP contribution in [0.2, 0.25) is 0 Å². The van der Waals surface area contributed by atoms with Crippen LogP contribution >= 0.6 is 0 Å². The van der Waals surface area contributed by atoms with Crippen molar-refractivity contribution in [1.29, 1.82) is 0 Å². The van der Waals surface area contributed by atoms with Gasteiger partial charge in [-0.05, 0) is 18.4 Å². The molecule has 1 aromatic carbocycles. The van der Waals surface area contributed by atoms with Crippen LogP contribution in [-0.2, 0) is 20.6 Å². The number of nitrogens with zero attached hydrogens (tertiary/aromatic N) is 1. The van der Waals surface area contributed by atoms with Gasteiger partial charge in [0.1, 0.15) is 6.04 Å². The zero-order valence-electron chi connectivity index (χ0n) is 11.2. The summed E-state index contributed by atoms with van der Waals surface area (Å²) in [4.78, 5) is 11.3. The Kier molecular flexibility index (Phi) is 4.77. The summed E-state index contributed by atoms with van der Waals surface area (Å²) in [5, 5.41) is 9.26. The van der Waals surface area contributed by atoms with Crippen LogP contribution in [0.1, 0.15) is 31.2 Å². The summed E-state index contributed by atoms with van der Waals surface area (Å²) in [5.41, 5.74) is 0.681. The van der Waals surface area contributed by atoms with E-state index in [2.05, 4.69) is 0 Å². The molecule has 0 bridgehead atoms. The Labute approximate surface area is 119 Å². The lowest BCUT2D eigenvalue weighted by atomic mass is 10.1. The van der Waals surface area contributed by atoms with E-state index in [-0.39, 0.29) is 5.75 Å². The highest BCUT2D eigenvalue weighted by Crippen LogP contribution is 2.22. The van der Waals surface area contributed by atoms with Crippen LogP contribution < -0.4 is 0 Å². The lowest BCUT2D eigenvalue weighted by Gasteiger charge is -2.26. The number of benzene rings is 1. The average Bonchev–Trinajstić information content (AvgIpc) is 2.65. The zero-order chi connectivity index (χ0) is 14.6. The average molecular weight is 297 g/mol. The van der Waals surface area contributed by atoms with Gasteiger partial charge in [-0.15, -0.1) is 0 Å². The molecule has 0 aliphatic carbocycles. The number of hydrogen-bond donors (Lipinski definition) is 1. The smallest absolute Gasteiger partial charge is 0.322 e. The third-order valence-electron chi connectivity index (χ3n) is 3.54. The van der Waals surface area contributed by atoms with Crippen LogP contribution in [0.4, 0.5) is 0 Å². The Balaban J connectivity index is 2.23. The number of hydrogen-bond acceptors (Lipinski definition) is 3. The van der Waals surface area contributed by atoms with Gasteiger partial charge in [0, 0.05) is 6.54 Å². The van der Waals surface area contributed by atoms with Crippen molar-refractivity contribution in [2.75, 3.05) is 6.54 Å². The van der Waals surface area contributed by atoms with Crippen LogP contribution in [0.5, 0.6) is 0 Å². The van der Waals surface area contributed by atoms with E-state index in [1.54, 1.807) is 24.3 Å². The predicted molar refractivity (Wildman–Crippen MR) is 75.7 cm³/mol. The first-order chi connectivity index (χ1) is 9.50. The van der Waals surface area contributed by atoms with Gasteiger partial charge >= 0.3 is 5.97 Å². The van der Waals surface area contributed by atoms with Crippen molar-refractivity contribution in [1.82, 2.24) is 4.31 Å². The van der Waals surface area contributed by atoms with Crippen molar-refractivity contribution in [3.63, 3.8) is 0 Å². The molecule has 1 aliphatic rings. The molecule has 1 unspecified atom stereocenters. The summed E-state index contributed by atoms with van der Waals surface area (Å²) in [7, 11) is -3.60. The van der Waals surface area contributed by atoms with E-state index in [1.807, 2.05) is 6.07 Å². The monoisotopic (exact) mass is 297 g/mol. The van der Waals surface area contributed by atoms with Gasteiger partial charge < -0.3 is 5.11 Å². The Bertz CT molecular complexity index is 556. The van der Waals surface area contributed by atoms with Gasteiger partial charge in [-0.3, -0.25) is 4.79 Å². The number of rotatable bonds is 4. The summed E-state index contributed by atoms with van der Waals surface area (Å²) in [6.45, 7) is 0.298. The lowest BCUT2D eigenvalue weighted by Crippen LogP contribution is -2.45. The number of carbonyl (C=O) groups is 1. The van der Waals surface area contributed by atoms with Crippen LogP contribution in [0.15, 0.2) is 30.3 Å². The van der Waals surface area contributed by atoms with Crippen LogP contribution in [0.3, 0.4) is 0 Å². The normalized spacial score (nSPS) is 21.3. The van der Waals surface area contributed by atoms with Crippen LogP contribution in [0, 0.1) is 0 Å². The summed E-state index contributed by atoms with van der Waals surface area (Å²) in [5.74, 6) is -1.19. The Morgan fingerprint density at radius 1 is 1.20 bits per heavy atom. The molecule has 0 radical (unpaired) electrons. The predicted octanol–water partition coefficient (Wildman–Crippen LogP) is 1.85. The fourth-order valence-electron chi connectivity index (χ4n) is 2.53. The van der Waals surface area contributed by atoms with Crippen molar-refractivity contribution in [2.45, 2.75) is 37.5 Å². The third kappa shape index (κ3) is 3.58. The summed E-state index contributed by atoms with van der Waals surface area (Å²) >= 11 is 0. The van der Waals surface area contributed by atoms with Crippen molar-refractivity contribution in [3.8, 4) is 0 Å². The summed E-state index contributed by atoms with van der Waals surface area (Å²) < 4.78 is 26.1. The molecule has 0 amide bonds. The van der Waals surface area contributed by atoms with Crippen molar-refractivity contribution in [3.05, 3.63) is 35.9 Å². The minimum absolute atomic E-state index is 0.141. The molecule has 2 rings (SSSR count). The van der Waals surface area contributed by atoms with Gasteiger partial charge in [0.25, 0.3) is 0 Å². The van der Waals surface area contributed by atoms with Crippen molar-refractivity contribution >= 4 is 16.0 Å². The Hall–Kier alpha value is -1.40. The van der Waals surface area contributed by atoms with E-state index in [0.717, 1.165) is 19.3 Å². The molecule has 1 heterocycles. The molecule has 6 heteroatoms. The fraction of sp³-hybridized carbons (Fsp3) is 0.500. The second-order valence-corrected chi connectivity index (χ2v) is 6.98. The third-order valence-corrected chi connectivity index (χ3v) is 5.39. The summed E-state index contributed by atoms with van der Waals surface area (Å²) in [6.07, 6.45) is 2.75. The maximum atomic E-state index is 12.5. The molecule has 1 N–H and O–H groups in total. The first kappa shape index (κ1) is 15.0. The van der Waals surface area contributed by atoms with E-state index < -0.39 is 22.0 Å². The highest BCUT2D eigenvalue weighted by molar-refractivity contribution is 7.88. The first-order valence-corrected chi connectivity index (χ1v) is 8.38. The van der Waals surface area contributed by atoms with Crippen molar-refractivity contribution < 1.29 is 18.3 Å². The first-order valence-electron chi connectivity index (χ1n) is 6.77. The van der Waals surface area contributed by atoms with Gasteiger partial charge in [0.05, 0.1) is 5.75 Å². The molecular formula is C14H19NO4S. The number of carboxylic acid groups (broad SMARTS) is 1. The quantitative estimate of drug-likeness (QED) is 0.920. The molecule has 1 aromatic rings. The molecule has 5 nitrogen and oxygen atoms in total. The molecule has 0 saturated carbocycles. The van der Waals surface area contributed by atoms with E-state index >= 15 is 0 Å². The standard InChI is InChI=1S/C14H19NO4S/c16-14(17)13-9-5-2-6-10-15(13)20(18,19)11-12-7-3-1-4-8-12/h1,3-4,7-8,13H,2,5-6,9-11H2,(H,16,17). The van der Waals surface area contributed by atoms with Gasteiger partial charge in [-0.2, -0.15) is 4.31 Å². The molecule has 20 heavy (non-hydrogen) atoms. The van der Waals surface area contributed by atoms with Gasteiger partial charge in [-0.25, -0.2) is 8.42 Å². The SMILES string of the molecule is O=C(O)C1CCCCCN1S(=O)(=O)Cc1ccccc1. The van der Waals surface area contributed by atoms with E-state index in [1.165, 1.54) is 4.31 Å². The zero-order valence-corrected chi connectivity index (χ0v) is 12.1. The molecule has 0 spiro atoms. The van der Waals surface area contributed by atoms with E-state index in [0.29, 0.717) is 18.5 Å². The molecule has 0 aromatic heterocycles. The fourth-order valence-corrected chi connectivity index (χ4v) is 4.30. The second kappa shape index (κ2) is 6.37. The lowest BCUT2D eigenvalue weighted by molar-refractivity contribution is -0.141. The molecular weight excluding hydrogens is 278 g/mol. The molecule has 1 aliphatic heterocycles. The van der Waals surface area contributed by atoms with Gasteiger partial charge in [-0.1, -0.05) is 43.2 Å². The maximum absolute atomic E-state index is 12.5. The van der Waals surface area contributed by atoms with Gasteiger partial charge in [0.2, 0.25) is 10.0 Å². The molecule has 1 atom stereocenters. The largest absolute Gasteiger partial charge is 0.480 e. The number of sulfonamides is 1. The van der Waals surface area contributed by atoms with E-state index in [9.17, 15) is 18.3 Å². The Morgan fingerprint density at radius 3 is 2.55 bits per heavy atom. The van der Waals surface area contributed by atoms with Gasteiger partial charge in [0.15, 0.2) is 0 Å². The molecule has 1 saturated heterocycles. The van der Waals surface area contributed by atoms with Crippen molar-refractivity contribution in [2.24, 2.45) is 0 Å². The highest BCUT2D eigenvalue weighted by atomic mass is 32.2. The Morgan fingerprint density at radius 2 is 1.90 bits per heavy atom. The maximum Gasteiger partial charge on any atom is 0.322 e. The molecule has 1 fully saturated rings. The second-order valence-electron chi connectivity index (χ2n) is 5.06. The summed E-state index contributed by atoms with van der Waals surface area (Å²) in [6, 6.07) is 7.94. The minimum atomic E-state index is -3.60. The molecule has 110 valence electrons.